The first kappa shape index (κ1) is 14.8. The van der Waals surface area contributed by atoms with Crippen molar-refractivity contribution in [1.82, 2.24) is 9.78 Å². The molecule has 0 radical (unpaired) electrons. The van der Waals surface area contributed by atoms with Crippen molar-refractivity contribution in [3.05, 3.63) is 16.4 Å². The molecule has 0 aromatic carbocycles. The highest BCUT2D eigenvalue weighted by molar-refractivity contribution is 6.31. The van der Waals surface area contributed by atoms with Gasteiger partial charge in [0.25, 0.3) is 0 Å². The van der Waals surface area contributed by atoms with Crippen LogP contribution in [0.5, 0.6) is 0 Å². The summed E-state index contributed by atoms with van der Waals surface area (Å²) in [6.07, 6.45) is 4.09. The summed E-state index contributed by atoms with van der Waals surface area (Å²) in [5.41, 5.74) is 7.71. The quantitative estimate of drug-likeness (QED) is 0.871. The highest BCUT2D eigenvalue weighted by Crippen LogP contribution is 2.41. The van der Waals surface area contributed by atoms with E-state index < -0.39 is 0 Å². The minimum Gasteiger partial charge on any atom is -0.392 e. The van der Waals surface area contributed by atoms with Crippen molar-refractivity contribution < 1.29 is 5.11 Å². The number of rotatable bonds is 5. The molecule has 0 bridgehead atoms. The molecule has 1 saturated carbocycles. The maximum absolute atomic E-state index is 10.3. The predicted octanol–water partition coefficient (Wildman–Crippen LogP) is 2.15. The smallest absolute Gasteiger partial charge is 0.0850 e. The first-order valence-electron chi connectivity index (χ1n) is 7.20. The van der Waals surface area contributed by atoms with Gasteiger partial charge in [-0.25, -0.2) is 0 Å². The third-order valence-corrected chi connectivity index (χ3v) is 4.92. The molecule has 1 aliphatic rings. The average molecular weight is 286 g/mol. The summed E-state index contributed by atoms with van der Waals surface area (Å²) in [5, 5.41) is 15.6. The number of nitrogens with zero attached hydrogens (tertiary/aromatic N) is 2. The van der Waals surface area contributed by atoms with E-state index in [1.807, 2.05) is 4.68 Å². The summed E-state index contributed by atoms with van der Waals surface area (Å²) in [6, 6.07) is 0. The second-order valence-corrected chi connectivity index (χ2v) is 5.91. The van der Waals surface area contributed by atoms with Crippen LogP contribution >= 0.6 is 11.6 Å². The highest BCUT2D eigenvalue weighted by Gasteiger charge is 2.42. The van der Waals surface area contributed by atoms with E-state index >= 15 is 0 Å². The molecule has 1 aromatic rings. The Balaban J connectivity index is 2.34. The fraction of sp³-hybridized carbons (Fsp3) is 0.786. The van der Waals surface area contributed by atoms with Crippen LogP contribution in [0.1, 0.15) is 44.5 Å². The van der Waals surface area contributed by atoms with Crippen LogP contribution in [0.25, 0.3) is 0 Å². The fourth-order valence-corrected chi connectivity index (χ4v) is 3.49. The van der Waals surface area contributed by atoms with Crippen LogP contribution in [0.2, 0.25) is 5.02 Å². The molecular formula is C14H24ClN3O. The lowest BCUT2D eigenvalue weighted by Crippen LogP contribution is -2.40. The summed E-state index contributed by atoms with van der Waals surface area (Å²) >= 11 is 6.45. The molecular weight excluding hydrogens is 262 g/mol. The van der Waals surface area contributed by atoms with Crippen LogP contribution in [-0.4, -0.2) is 27.5 Å². The van der Waals surface area contributed by atoms with Gasteiger partial charge in [0.1, 0.15) is 0 Å². The highest BCUT2D eigenvalue weighted by atomic mass is 35.5. The van der Waals surface area contributed by atoms with Gasteiger partial charge in [-0.15, -0.1) is 0 Å². The van der Waals surface area contributed by atoms with Crippen LogP contribution in [0, 0.1) is 5.41 Å². The van der Waals surface area contributed by atoms with Gasteiger partial charge in [-0.2, -0.15) is 5.10 Å². The van der Waals surface area contributed by atoms with E-state index in [2.05, 4.69) is 18.9 Å². The molecule has 2 atom stereocenters. The van der Waals surface area contributed by atoms with Crippen molar-refractivity contribution in [1.29, 1.82) is 0 Å². The topological polar surface area (TPSA) is 64.1 Å². The van der Waals surface area contributed by atoms with E-state index in [1.54, 1.807) is 0 Å². The van der Waals surface area contributed by atoms with Crippen LogP contribution in [0.3, 0.4) is 0 Å². The van der Waals surface area contributed by atoms with E-state index in [0.717, 1.165) is 55.1 Å². The molecule has 4 nitrogen and oxygen atoms in total. The van der Waals surface area contributed by atoms with Gasteiger partial charge in [-0.3, -0.25) is 4.68 Å². The van der Waals surface area contributed by atoms with E-state index in [-0.39, 0.29) is 11.5 Å². The maximum Gasteiger partial charge on any atom is 0.0850 e. The van der Waals surface area contributed by atoms with Crippen LogP contribution in [0.15, 0.2) is 0 Å². The van der Waals surface area contributed by atoms with Gasteiger partial charge in [0.15, 0.2) is 0 Å². The van der Waals surface area contributed by atoms with Crippen molar-refractivity contribution in [2.45, 2.75) is 58.6 Å². The lowest BCUT2D eigenvalue weighted by molar-refractivity contribution is 0.0573. The largest absolute Gasteiger partial charge is 0.392 e. The van der Waals surface area contributed by atoms with E-state index in [0.29, 0.717) is 6.54 Å². The number of halogens is 1. The molecule has 0 amide bonds. The zero-order valence-corrected chi connectivity index (χ0v) is 12.6. The minimum atomic E-state index is -0.321. The summed E-state index contributed by atoms with van der Waals surface area (Å²) in [6.45, 7) is 5.42. The molecule has 0 aliphatic heterocycles. The van der Waals surface area contributed by atoms with Crippen molar-refractivity contribution in [2.24, 2.45) is 11.1 Å². The molecule has 0 saturated heterocycles. The standard InChI is InChI=1S/C14H24ClN3O/c1-3-10-13(15)11(18(4-2)17-10)8-14(9-16)7-5-6-12(14)19/h12,19H,3-9,16H2,1-2H3. The van der Waals surface area contributed by atoms with Gasteiger partial charge in [0.05, 0.1) is 22.5 Å². The Labute approximate surface area is 119 Å². The number of hydrogen-bond donors (Lipinski definition) is 2. The monoisotopic (exact) mass is 285 g/mol. The Morgan fingerprint density at radius 3 is 2.74 bits per heavy atom. The van der Waals surface area contributed by atoms with Gasteiger partial charge in [-0.1, -0.05) is 24.9 Å². The summed E-state index contributed by atoms with van der Waals surface area (Å²) in [4.78, 5) is 0. The summed E-state index contributed by atoms with van der Waals surface area (Å²) in [7, 11) is 0. The maximum atomic E-state index is 10.3. The summed E-state index contributed by atoms with van der Waals surface area (Å²) < 4.78 is 1.96. The number of aliphatic hydroxyl groups is 1. The SMILES string of the molecule is CCc1nn(CC)c(CC2(CN)CCCC2O)c1Cl. The molecule has 1 aliphatic carbocycles. The van der Waals surface area contributed by atoms with Gasteiger partial charge in [0.2, 0.25) is 0 Å². The van der Waals surface area contributed by atoms with Gasteiger partial charge >= 0.3 is 0 Å². The van der Waals surface area contributed by atoms with E-state index in [4.69, 9.17) is 17.3 Å². The Morgan fingerprint density at radius 1 is 1.53 bits per heavy atom. The van der Waals surface area contributed by atoms with Crippen molar-refractivity contribution in [3.8, 4) is 0 Å². The third kappa shape index (κ3) is 2.54. The fourth-order valence-electron chi connectivity index (χ4n) is 3.16. The molecule has 2 unspecified atom stereocenters. The molecule has 3 N–H and O–H groups in total. The number of hydrogen-bond acceptors (Lipinski definition) is 3. The molecule has 0 spiro atoms. The first-order chi connectivity index (χ1) is 9.07. The average Bonchev–Trinajstić information content (AvgIpc) is 2.93. The molecule has 5 heteroatoms. The van der Waals surface area contributed by atoms with Gasteiger partial charge in [-0.05, 0) is 26.2 Å². The van der Waals surface area contributed by atoms with Crippen molar-refractivity contribution >= 4 is 11.6 Å². The molecule has 2 rings (SSSR count). The minimum absolute atomic E-state index is 0.221. The predicted molar refractivity (Wildman–Crippen MR) is 77.3 cm³/mol. The van der Waals surface area contributed by atoms with Gasteiger partial charge in [0, 0.05) is 24.9 Å². The number of nitrogens with two attached hydrogens (primary N) is 1. The Morgan fingerprint density at radius 2 is 2.26 bits per heavy atom. The van der Waals surface area contributed by atoms with Crippen LogP contribution in [0.4, 0.5) is 0 Å². The molecule has 19 heavy (non-hydrogen) atoms. The van der Waals surface area contributed by atoms with E-state index in [9.17, 15) is 5.11 Å². The second-order valence-electron chi connectivity index (χ2n) is 5.53. The van der Waals surface area contributed by atoms with E-state index in [1.165, 1.54) is 0 Å². The Bertz CT molecular complexity index is 446. The lowest BCUT2D eigenvalue weighted by atomic mass is 9.79. The molecule has 108 valence electrons. The zero-order valence-electron chi connectivity index (χ0n) is 11.8. The second kappa shape index (κ2) is 5.81. The normalized spacial score (nSPS) is 27.1. The zero-order chi connectivity index (χ0) is 14.0. The number of aliphatic hydroxyl groups excluding tert-OH is 1. The van der Waals surface area contributed by atoms with Crippen molar-refractivity contribution in [2.75, 3.05) is 6.54 Å². The van der Waals surface area contributed by atoms with Gasteiger partial charge < -0.3 is 10.8 Å². The molecule has 1 fully saturated rings. The third-order valence-electron chi connectivity index (χ3n) is 4.48. The van der Waals surface area contributed by atoms with Crippen LogP contribution < -0.4 is 5.73 Å². The Kier molecular flexibility index (Phi) is 4.54. The lowest BCUT2D eigenvalue weighted by Gasteiger charge is -2.31. The van der Waals surface area contributed by atoms with Crippen molar-refractivity contribution in [3.63, 3.8) is 0 Å². The molecule has 1 aromatic heterocycles. The Hall–Kier alpha value is -0.580. The number of aryl methyl sites for hydroxylation is 2. The molecule has 1 heterocycles. The number of aromatic nitrogens is 2. The summed E-state index contributed by atoms with van der Waals surface area (Å²) in [5.74, 6) is 0. The van der Waals surface area contributed by atoms with Crippen LogP contribution in [-0.2, 0) is 19.4 Å². The first-order valence-corrected chi connectivity index (χ1v) is 7.58.